The molecule has 2 atom stereocenters. The molecule has 1 aliphatic carbocycles. The van der Waals surface area contributed by atoms with Gasteiger partial charge in [0.1, 0.15) is 0 Å². The number of hydrogen-bond acceptors (Lipinski definition) is 5. The van der Waals surface area contributed by atoms with Crippen LogP contribution in [-0.2, 0) is 9.53 Å². The molecule has 116 valence electrons. The molecule has 6 nitrogen and oxygen atoms in total. The fourth-order valence-electron chi connectivity index (χ4n) is 2.64. The number of nitro groups is 1. The Morgan fingerprint density at radius 3 is 2.45 bits per heavy atom. The maximum atomic E-state index is 12.3. The topological polar surface area (TPSA) is 86.5 Å². The van der Waals surface area contributed by atoms with Gasteiger partial charge < -0.3 is 4.74 Å². The number of allylic oxidation sites excluding steroid dienone is 1. The van der Waals surface area contributed by atoms with Gasteiger partial charge in [-0.3, -0.25) is 14.9 Å². The van der Waals surface area contributed by atoms with Crippen molar-refractivity contribution in [3.63, 3.8) is 0 Å². The second-order valence-corrected chi connectivity index (χ2v) is 5.39. The molecular weight excluding hydrogens is 286 g/mol. The first-order chi connectivity index (χ1) is 10.4. The van der Waals surface area contributed by atoms with Crippen LogP contribution in [0.2, 0.25) is 0 Å². The highest BCUT2D eigenvalue weighted by Crippen LogP contribution is 2.34. The monoisotopic (exact) mass is 303 g/mol. The largest absolute Gasteiger partial charge is 0.447 e. The minimum absolute atomic E-state index is 0.105. The van der Waals surface area contributed by atoms with Crippen molar-refractivity contribution in [3.8, 4) is 0 Å². The summed E-state index contributed by atoms with van der Waals surface area (Å²) in [6, 6.07) is 5.14. The van der Waals surface area contributed by atoms with Crippen molar-refractivity contribution < 1.29 is 19.2 Å². The average Bonchev–Trinajstić information content (AvgIpc) is 2.49. The van der Waals surface area contributed by atoms with Gasteiger partial charge in [0.25, 0.3) is 5.69 Å². The first kappa shape index (κ1) is 15.9. The van der Waals surface area contributed by atoms with E-state index in [1.807, 2.05) is 19.1 Å². The third-order valence-corrected chi connectivity index (χ3v) is 4.03. The molecular formula is C16H17NO5. The molecule has 0 spiro atoms. The summed E-state index contributed by atoms with van der Waals surface area (Å²) in [5, 5.41) is 10.6. The van der Waals surface area contributed by atoms with Gasteiger partial charge in [-0.25, -0.2) is 4.79 Å². The van der Waals surface area contributed by atoms with Gasteiger partial charge in [0, 0.05) is 18.1 Å². The van der Waals surface area contributed by atoms with Crippen LogP contribution in [0.4, 0.5) is 5.69 Å². The lowest BCUT2D eigenvalue weighted by Gasteiger charge is -2.37. The van der Waals surface area contributed by atoms with Gasteiger partial charge >= 0.3 is 5.97 Å². The van der Waals surface area contributed by atoms with Crippen molar-refractivity contribution in [2.75, 3.05) is 0 Å². The number of Topliss-reactive ketones (excluding diaryl/α,β-unsaturated/α-hetero) is 1. The van der Waals surface area contributed by atoms with Crippen molar-refractivity contribution in [1.82, 2.24) is 0 Å². The van der Waals surface area contributed by atoms with Crippen molar-refractivity contribution in [3.05, 3.63) is 52.1 Å². The van der Waals surface area contributed by atoms with E-state index in [0.717, 1.165) is 0 Å². The Morgan fingerprint density at radius 1 is 1.32 bits per heavy atom. The number of hydrogen-bond donors (Lipinski definition) is 0. The molecule has 0 unspecified atom stereocenters. The molecule has 0 fully saturated rings. The number of nitro benzene ring substituents is 1. The van der Waals surface area contributed by atoms with E-state index >= 15 is 0 Å². The number of ether oxygens (including phenoxy) is 1. The highest BCUT2D eigenvalue weighted by molar-refractivity contribution is 5.94. The van der Waals surface area contributed by atoms with Crippen molar-refractivity contribution in [1.29, 1.82) is 0 Å². The van der Waals surface area contributed by atoms with Gasteiger partial charge in [-0.15, -0.1) is 0 Å². The predicted octanol–water partition coefficient (Wildman–Crippen LogP) is 3.07. The normalized spacial score (nSPS) is 23.8. The summed E-state index contributed by atoms with van der Waals surface area (Å²) >= 11 is 0. The van der Waals surface area contributed by atoms with Crippen LogP contribution in [0.5, 0.6) is 0 Å². The number of carbonyl (C=O) groups excluding carboxylic acids is 2. The Balaban J connectivity index is 2.23. The maximum absolute atomic E-state index is 12.3. The van der Waals surface area contributed by atoms with Gasteiger partial charge in [0.15, 0.2) is 11.4 Å². The SMILES string of the molecule is CC(=O)[C@]1(OC(=O)c2ccc([N+](=O)[O-])cc2)CCC=C[C@@H]1C. The molecule has 2 rings (SSSR count). The van der Waals surface area contributed by atoms with E-state index in [9.17, 15) is 19.7 Å². The summed E-state index contributed by atoms with van der Waals surface area (Å²) in [4.78, 5) is 34.4. The van der Waals surface area contributed by atoms with Crippen LogP contribution in [0.1, 0.15) is 37.0 Å². The van der Waals surface area contributed by atoms with E-state index < -0.39 is 16.5 Å². The lowest BCUT2D eigenvalue weighted by molar-refractivity contribution is -0.384. The van der Waals surface area contributed by atoms with Crippen LogP contribution in [-0.4, -0.2) is 22.3 Å². The molecule has 0 saturated carbocycles. The standard InChI is InChI=1S/C16H17NO5/c1-11-5-3-4-10-16(11,12(2)18)22-15(19)13-6-8-14(9-7-13)17(20)21/h3,5-9,11H,4,10H2,1-2H3/t11-,16-/m0/s1. The third kappa shape index (κ3) is 2.90. The number of nitrogens with zero attached hydrogens (tertiary/aromatic N) is 1. The van der Waals surface area contributed by atoms with E-state index in [1.54, 1.807) is 0 Å². The zero-order valence-corrected chi connectivity index (χ0v) is 12.4. The molecule has 1 aliphatic rings. The van der Waals surface area contributed by atoms with Crippen molar-refractivity contribution >= 4 is 17.4 Å². The number of carbonyl (C=O) groups is 2. The number of ketones is 1. The van der Waals surface area contributed by atoms with E-state index in [4.69, 9.17) is 4.74 Å². The van der Waals surface area contributed by atoms with Crippen LogP contribution < -0.4 is 0 Å². The predicted molar refractivity (Wildman–Crippen MR) is 79.5 cm³/mol. The van der Waals surface area contributed by atoms with Gasteiger partial charge in [0.05, 0.1) is 10.5 Å². The number of non-ortho nitro benzene ring substituents is 1. The van der Waals surface area contributed by atoms with Crippen LogP contribution in [0.25, 0.3) is 0 Å². The summed E-state index contributed by atoms with van der Waals surface area (Å²) in [7, 11) is 0. The summed E-state index contributed by atoms with van der Waals surface area (Å²) in [6.07, 6.45) is 4.94. The summed E-state index contributed by atoms with van der Waals surface area (Å²) in [5.41, 5.74) is -1.08. The van der Waals surface area contributed by atoms with Gasteiger partial charge in [-0.2, -0.15) is 0 Å². The first-order valence-corrected chi connectivity index (χ1v) is 7.02. The molecule has 0 aromatic heterocycles. The fraction of sp³-hybridized carbons (Fsp3) is 0.375. The Morgan fingerprint density at radius 2 is 1.95 bits per heavy atom. The maximum Gasteiger partial charge on any atom is 0.339 e. The molecule has 0 amide bonds. The Bertz CT molecular complexity index is 634. The molecule has 0 aliphatic heterocycles. The van der Waals surface area contributed by atoms with Crippen LogP contribution in [0, 0.1) is 16.0 Å². The summed E-state index contributed by atoms with van der Waals surface area (Å²) in [5.74, 6) is -1.05. The van der Waals surface area contributed by atoms with E-state index in [0.29, 0.717) is 12.8 Å². The number of rotatable bonds is 4. The van der Waals surface area contributed by atoms with Gasteiger partial charge in [-0.1, -0.05) is 19.1 Å². The molecule has 6 heteroatoms. The highest BCUT2D eigenvalue weighted by atomic mass is 16.6. The third-order valence-electron chi connectivity index (χ3n) is 4.03. The Kier molecular flexibility index (Phi) is 4.40. The second kappa shape index (κ2) is 6.09. The van der Waals surface area contributed by atoms with Gasteiger partial charge in [-0.05, 0) is 31.9 Å². The minimum atomic E-state index is -1.16. The Hall–Kier alpha value is -2.50. The second-order valence-electron chi connectivity index (χ2n) is 5.39. The van der Waals surface area contributed by atoms with Crippen LogP contribution in [0.3, 0.4) is 0 Å². The molecule has 0 bridgehead atoms. The molecule has 0 N–H and O–H groups in total. The Labute approximate surface area is 127 Å². The van der Waals surface area contributed by atoms with E-state index in [2.05, 4.69) is 0 Å². The first-order valence-electron chi connectivity index (χ1n) is 7.02. The smallest absolute Gasteiger partial charge is 0.339 e. The molecule has 22 heavy (non-hydrogen) atoms. The van der Waals surface area contributed by atoms with Crippen LogP contribution in [0.15, 0.2) is 36.4 Å². The van der Waals surface area contributed by atoms with Crippen LogP contribution >= 0.6 is 0 Å². The average molecular weight is 303 g/mol. The number of esters is 1. The molecule has 0 heterocycles. The molecule has 0 saturated heterocycles. The zero-order valence-electron chi connectivity index (χ0n) is 12.4. The minimum Gasteiger partial charge on any atom is -0.447 e. The van der Waals surface area contributed by atoms with E-state index in [-0.39, 0.29) is 23.0 Å². The molecule has 0 radical (unpaired) electrons. The summed E-state index contributed by atoms with van der Waals surface area (Å²) in [6.45, 7) is 3.25. The number of benzene rings is 1. The molecule has 1 aromatic rings. The van der Waals surface area contributed by atoms with Crippen molar-refractivity contribution in [2.24, 2.45) is 5.92 Å². The van der Waals surface area contributed by atoms with Gasteiger partial charge in [0.2, 0.25) is 0 Å². The lowest BCUT2D eigenvalue weighted by atomic mass is 9.77. The molecule has 1 aromatic carbocycles. The fourth-order valence-corrected chi connectivity index (χ4v) is 2.64. The summed E-state index contributed by atoms with van der Waals surface area (Å²) < 4.78 is 5.53. The highest BCUT2D eigenvalue weighted by Gasteiger charge is 2.44. The van der Waals surface area contributed by atoms with Crippen molar-refractivity contribution in [2.45, 2.75) is 32.3 Å². The lowest BCUT2D eigenvalue weighted by Crippen LogP contribution is -2.48. The zero-order chi connectivity index (χ0) is 16.3. The van der Waals surface area contributed by atoms with E-state index in [1.165, 1.54) is 31.2 Å². The quantitative estimate of drug-likeness (QED) is 0.369.